The van der Waals surface area contributed by atoms with Crippen LogP contribution >= 0.6 is 11.8 Å². The van der Waals surface area contributed by atoms with E-state index < -0.39 is 0 Å². The number of amides is 1. The highest BCUT2D eigenvalue weighted by Gasteiger charge is 2.10. The largest absolute Gasteiger partial charge is 0.341 e. The maximum Gasteiger partial charge on any atom is 0.232 e. The molecule has 0 aliphatic heterocycles. The van der Waals surface area contributed by atoms with E-state index in [1.54, 1.807) is 16.7 Å². The summed E-state index contributed by atoms with van der Waals surface area (Å²) in [4.78, 5) is 13.6. The van der Waals surface area contributed by atoms with Gasteiger partial charge in [-0.1, -0.05) is 37.3 Å². The van der Waals surface area contributed by atoms with Crippen molar-refractivity contribution in [3.63, 3.8) is 0 Å². The number of thioether (sulfide) groups is 1. The predicted molar refractivity (Wildman–Crippen MR) is 78.5 cm³/mol. The molecule has 0 bridgehead atoms. The summed E-state index contributed by atoms with van der Waals surface area (Å²) in [6.07, 6.45) is 0.959. The third-order valence-corrected chi connectivity index (χ3v) is 3.89. The predicted octanol–water partition coefficient (Wildman–Crippen LogP) is 2.12. The van der Waals surface area contributed by atoms with Gasteiger partial charge in [0.15, 0.2) is 0 Å². The van der Waals surface area contributed by atoms with Gasteiger partial charge in [0.1, 0.15) is 0 Å². The summed E-state index contributed by atoms with van der Waals surface area (Å²) >= 11 is 1.62. The number of carbonyl (C=O) groups is 1. The minimum absolute atomic E-state index is 0.159. The van der Waals surface area contributed by atoms with Crippen LogP contribution in [0.3, 0.4) is 0 Å². The molecule has 1 aromatic rings. The van der Waals surface area contributed by atoms with E-state index in [4.69, 9.17) is 5.73 Å². The Kier molecular flexibility index (Phi) is 6.83. The van der Waals surface area contributed by atoms with Gasteiger partial charge in [-0.05, 0) is 12.0 Å². The fourth-order valence-corrected chi connectivity index (χ4v) is 2.52. The highest BCUT2D eigenvalue weighted by molar-refractivity contribution is 7.99. The summed E-state index contributed by atoms with van der Waals surface area (Å²) in [7, 11) is 1.84. The lowest BCUT2D eigenvalue weighted by atomic mass is 10.2. The van der Waals surface area contributed by atoms with E-state index in [1.807, 2.05) is 37.4 Å². The molecule has 1 atom stereocenters. The molecule has 0 radical (unpaired) electrons. The smallest absolute Gasteiger partial charge is 0.232 e. The average molecular weight is 266 g/mol. The fraction of sp³-hybridized carbons (Fsp3) is 0.500. The third kappa shape index (κ3) is 5.56. The van der Waals surface area contributed by atoms with E-state index in [1.165, 1.54) is 0 Å². The van der Waals surface area contributed by atoms with Crippen LogP contribution in [0.4, 0.5) is 0 Å². The molecule has 4 heteroatoms. The molecule has 3 nitrogen and oxygen atoms in total. The summed E-state index contributed by atoms with van der Waals surface area (Å²) in [5.41, 5.74) is 6.97. The Balaban J connectivity index is 2.29. The molecule has 0 aliphatic carbocycles. The van der Waals surface area contributed by atoms with Gasteiger partial charge in [0.25, 0.3) is 0 Å². The highest BCUT2D eigenvalue weighted by Crippen LogP contribution is 2.08. The Hall–Kier alpha value is -1.00. The van der Waals surface area contributed by atoms with Crippen LogP contribution in [0.25, 0.3) is 0 Å². The zero-order chi connectivity index (χ0) is 13.4. The number of hydrogen-bond donors (Lipinski definition) is 1. The molecule has 0 spiro atoms. The second-order valence-electron chi connectivity index (χ2n) is 4.42. The van der Waals surface area contributed by atoms with E-state index in [0.717, 1.165) is 17.7 Å². The topological polar surface area (TPSA) is 46.3 Å². The lowest BCUT2D eigenvalue weighted by Gasteiger charge is -2.17. The van der Waals surface area contributed by atoms with Crippen LogP contribution in [-0.2, 0) is 11.3 Å². The average Bonchev–Trinajstić information content (AvgIpc) is 2.39. The van der Waals surface area contributed by atoms with Crippen LogP contribution in [0.15, 0.2) is 30.3 Å². The highest BCUT2D eigenvalue weighted by atomic mass is 32.2. The van der Waals surface area contributed by atoms with Crippen LogP contribution in [-0.4, -0.2) is 35.4 Å². The van der Waals surface area contributed by atoms with Crippen LogP contribution in [0.1, 0.15) is 18.9 Å². The lowest BCUT2D eigenvalue weighted by Crippen LogP contribution is -2.29. The first-order chi connectivity index (χ1) is 8.63. The Bertz CT molecular complexity index is 356. The molecule has 1 rings (SSSR count). The first-order valence-electron chi connectivity index (χ1n) is 6.24. The van der Waals surface area contributed by atoms with Crippen LogP contribution in [0.5, 0.6) is 0 Å². The van der Waals surface area contributed by atoms with Crippen LogP contribution in [0.2, 0.25) is 0 Å². The standard InChI is InChI=1S/C14H22N2OS/c1-3-13(15)10-18-11-14(17)16(2)9-12-7-5-4-6-8-12/h4-8,13H,3,9-11,15H2,1-2H3. The number of carbonyl (C=O) groups excluding carboxylic acids is 1. The van der Waals surface area contributed by atoms with Crippen molar-refractivity contribution in [3.8, 4) is 0 Å². The van der Waals surface area contributed by atoms with Crippen LogP contribution in [0, 0.1) is 0 Å². The van der Waals surface area contributed by atoms with Gasteiger partial charge in [0.2, 0.25) is 5.91 Å². The van der Waals surface area contributed by atoms with Crippen molar-refractivity contribution in [1.82, 2.24) is 4.90 Å². The van der Waals surface area contributed by atoms with Crippen molar-refractivity contribution < 1.29 is 4.79 Å². The number of nitrogens with zero attached hydrogens (tertiary/aromatic N) is 1. The normalized spacial score (nSPS) is 12.2. The Morgan fingerprint density at radius 1 is 1.39 bits per heavy atom. The van der Waals surface area contributed by atoms with Gasteiger partial charge in [-0.3, -0.25) is 4.79 Å². The Labute approximate surface area is 114 Å². The summed E-state index contributed by atoms with van der Waals surface area (Å²) in [5, 5.41) is 0. The molecule has 0 saturated carbocycles. The maximum atomic E-state index is 11.9. The van der Waals surface area contributed by atoms with E-state index >= 15 is 0 Å². The molecular weight excluding hydrogens is 244 g/mol. The second-order valence-corrected chi connectivity index (χ2v) is 5.45. The van der Waals surface area contributed by atoms with Crippen LogP contribution < -0.4 is 5.73 Å². The zero-order valence-corrected chi connectivity index (χ0v) is 12.0. The summed E-state index contributed by atoms with van der Waals surface area (Å²) in [5.74, 6) is 1.52. The molecule has 2 N–H and O–H groups in total. The van der Waals surface area contributed by atoms with Crippen molar-refractivity contribution in [1.29, 1.82) is 0 Å². The third-order valence-electron chi connectivity index (χ3n) is 2.77. The van der Waals surface area contributed by atoms with Gasteiger partial charge >= 0.3 is 0 Å². The number of hydrogen-bond acceptors (Lipinski definition) is 3. The molecule has 0 saturated heterocycles. The van der Waals surface area contributed by atoms with Gasteiger partial charge < -0.3 is 10.6 Å². The molecule has 1 amide bonds. The number of nitrogens with two attached hydrogens (primary N) is 1. The molecule has 1 aromatic carbocycles. The van der Waals surface area contributed by atoms with Crippen molar-refractivity contribution in [2.24, 2.45) is 5.73 Å². The molecule has 18 heavy (non-hydrogen) atoms. The quantitative estimate of drug-likeness (QED) is 0.822. The van der Waals surface area contributed by atoms with E-state index in [-0.39, 0.29) is 11.9 Å². The fourth-order valence-electron chi connectivity index (χ4n) is 1.47. The van der Waals surface area contributed by atoms with E-state index in [0.29, 0.717) is 12.3 Å². The molecule has 1 unspecified atom stereocenters. The van der Waals surface area contributed by atoms with Crippen molar-refractivity contribution in [3.05, 3.63) is 35.9 Å². The lowest BCUT2D eigenvalue weighted by molar-refractivity contribution is -0.127. The second kappa shape index (κ2) is 8.16. The first kappa shape index (κ1) is 15.1. The molecule has 0 aromatic heterocycles. The zero-order valence-electron chi connectivity index (χ0n) is 11.1. The van der Waals surface area contributed by atoms with E-state index in [2.05, 4.69) is 6.92 Å². The monoisotopic (exact) mass is 266 g/mol. The minimum atomic E-state index is 0.159. The van der Waals surface area contributed by atoms with Gasteiger partial charge in [-0.2, -0.15) is 11.8 Å². The van der Waals surface area contributed by atoms with Gasteiger partial charge in [-0.25, -0.2) is 0 Å². The molecule has 0 aliphatic rings. The van der Waals surface area contributed by atoms with Gasteiger partial charge in [0, 0.05) is 25.4 Å². The SMILES string of the molecule is CCC(N)CSCC(=O)N(C)Cc1ccccc1. The minimum Gasteiger partial charge on any atom is -0.341 e. The number of benzene rings is 1. The first-order valence-corrected chi connectivity index (χ1v) is 7.40. The van der Waals surface area contributed by atoms with Crippen molar-refractivity contribution in [2.45, 2.75) is 25.9 Å². The maximum absolute atomic E-state index is 11.9. The molecule has 0 heterocycles. The molecular formula is C14H22N2OS. The summed E-state index contributed by atoms with van der Waals surface area (Å²) in [6, 6.07) is 10.2. The summed E-state index contributed by atoms with van der Waals surface area (Å²) < 4.78 is 0. The Morgan fingerprint density at radius 3 is 2.67 bits per heavy atom. The van der Waals surface area contributed by atoms with Crippen molar-refractivity contribution >= 4 is 17.7 Å². The molecule has 0 fully saturated rings. The molecule has 100 valence electrons. The van der Waals surface area contributed by atoms with Gasteiger partial charge in [-0.15, -0.1) is 0 Å². The van der Waals surface area contributed by atoms with E-state index in [9.17, 15) is 4.79 Å². The number of rotatable bonds is 7. The Morgan fingerprint density at radius 2 is 2.06 bits per heavy atom. The summed E-state index contributed by atoms with van der Waals surface area (Å²) in [6.45, 7) is 2.73. The van der Waals surface area contributed by atoms with Crippen molar-refractivity contribution in [2.75, 3.05) is 18.6 Å². The van der Waals surface area contributed by atoms with Gasteiger partial charge in [0.05, 0.1) is 5.75 Å².